The monoisotopic (exact) mass is 1420 g/mol. The third-order valence-electron chi connectivity index (χ3n) is 20.8. The van der Waals surface area contributed by atoms with Gasteiger partial charge in [-0.15, -0.1) is 0 Å². The summed E-state index contributed by atoms with van der Waals surface area (Å²) in [4.78, 5) is 36.1. The quantitative estimate of drug-likeness (QED) is 0.0954. The molecule has 1 aliphatic heterocycles. The first-order valence-corrected chi connectivity index (χ1v) is 37.9. The number of hydrogen-bond donors (Lipinski definition) is 0. The van der Waals surface area contributed by atoms with Crippen LogP contribution in [-0.2, 0) is 5.41 Å². The number of rotatable bonds is 16. The van der Waals surface area contributed by atoms with E-state index >= 15 is 0 Å². The van der Waals surface area contributed by atoms with Crippen molar-refractivity contribution < 1.29 is 0 Å². The Morgan fingerprint density at radius 2 is 0.327 bits per heavy atom. The van der Waals surface area contributed by atoms with Crippen molar-refractivity contribution in [3.63, 3.8) is 0 Å². The van der Waals surface area contributed by atoms with E-state index < -0.39 is 5.41 Å². The van der Waals surface area contributed by atoms with Crippen LogP contribution in [0.3, 0.4) is 0 Å². The lowest BCUT2D eigenvalue weighted by molar-refractivity contribution is 0.703. The Labute approximate surface area is 644 Å². The largest absolute Gasteiger partial charge is 0.208 e. The van der Waals surface area contributed by atoms with Crippen molar-refractivity contribution in [1.82, 2.24) is 29.9 Å². The van der Waals surface area contributed by atoms with Crippen molar-refractivity contribution >= 4 is 11.8 Å². The van der Waals surface area contributed by atoms with Gasteiger partial charge in [-0.3, -0.25) is 0 Å². The van der Waals surface area contributed by atoms with Crippen molar-refractivity contribution in [1.29, 1.82) is 0 Å². The Bertz CT molecular complexity index is 5490. The minimum absolute atomic E-state index is 0.531. The number of nitrogens with zero attached hydrogens (tertiary/aromatic N) is 6. The second-order valence-electron chi connectivity index (χ2n) is 27.7. The molecule has 19 rings (SSSR count). The zero-order valence-electron chi connectivity index (χ0n) is 59.9. The van der Waals surface area contributed by atoms with Crippen molar-refractivity contribution in [2.75, 3.05) is 0 Å². The van der Waals surface area contributed by atoms with Gasteiger partial charge < -0.3 is 0 Å². The standard InChI is InChI=1S/C103H68N6S/c1-9-31-69(32-10-1)79-55-80(70-33-11-2-12-34-70)60-87(59-79)99-104-97(105-100(108-99)88-61-81(71-35-13-3-14-36-71)56-82(62-88)72-37-15-4-16-38-72)77-47-29-49-91(67-77)103(93-51-25-27-53-95(93)110-96-54-28-26-52-94(96)103)92-50-30-48-78(68-92)98-106-101(89-63-83(73-39-17-5-18-40-73)57-84(64-89)74-41-19-6-20-42-74)109-102(107-98)90-65-85(75-43-21-7-22-44-75)58-86(66-90)76-45-23-8-24-46-76/h1-68H. The van der Waals surface area contributed by atoms with E-state index in [-0.39, 0.29) is 0 Å². The first-order chi connectivity index (χ1) is 54.4. The van der Waals surface area contributed by atoms with Crippen LogP contribution in [0.25, 0.3) is 157 Å². The molecule has 0 N–H and O–H groups in total. The van der Waals surface area contributed by atoms with Crippen molar-refractivity contribution in [3.8, 4) is 157 Å². The highest BCUT2D eigenvalue weighted by Gasteiger charge is 2.45. The summed E-state index contributed by atoms with van der Waals surface area (Å²) in [5, 5.41) is 0. The molecule has 2 aromatic heterocycles. The molecule has 0 spiro atoms. The third kappa shape index (κ3) is 13.2. The summed E-state index contributed by atoms with van der Waals surface area (Å²) in [5.41, 5.74) is 25.6. The molecule has 0 fully saturated rings. The predicted molar refractivity (Wildman–Crippen MR) is 452 cm³/mol. The van der Waals surface area contributed by atoms with Gasteiger partial charge in [-0.05, 0) is 208 Å². The van der Waals surface area contributed by atoms with Crippen molar-refractivity contribution in [3.05, 3.63) is 435 Å². The Hall–Kier alpha value is -14.1. The van der Waals surface area contributed by atoms with Crippen LogP contribution >= 0.6 is 11.8 Å². The van der Waals surface area contributed by atoms with Gasteiger partial charge in [0.05, 0.1) is 5.41 Å². The Morgan fingerprint density at radius 3 is 0.555 bits per heavy atom. The van der Waals surface area contributed by atoms with E-state index in [0.29, 0.717) is 34.9 Å². The van der Waals surface area contributed by atoms with Gasteiger partial charge in [-0.25, -0.2) is 29.9 Å². The summed E-state index contributed by atoms with van der Waals surface area (Å²) in [6.45, 7) is 0. The van der Waals surface area contributed by atoms with E-state index in [4.69, 9.17) is 29.9 Å². The van der Waals surface area contributed by atoms with Crippen molar-refractivity contribution in [2.45, 2.75) is 15.2 Å². The minimum atomic E-state index is -0.936. The highest BCUT2D eigenvalue weighted by molar-refractivity contribution is 7.99. The summed E-state index contributed by atoms with van der Waals surface area (Å²) < 4.78 is 0. The molecule has 0 bridgehead atoms. The molecule has 0 unspecified atom stereocenters. The van der Waals surface area contributed by atoms with Crippen LogP contribution in [0, 0.1) is 0 Å². The minimum Gasteiger partial charge on any atom is -0.208 e. The molecule has 0 saturated heterocycles. The maximum atomic E-state index is 5.66. The first-order valence-electron chi connectivity index (χ1n) is 37.1. The average Bonchev–Trinajstić information content (AvgIpc) is 0.703. The second kappa shape index (κ2) is 29.3. The maximum absolute atomic E-state index is 5.66. The third-order valence-corrected chi connectivity index (χ3v) is 22.0. The number of benzene rings is 16. The van der Waals surface area contributed by atoms with Gasteiger partial charge >= 0.3 is 0 Å². The lowest BCUT2D eigenvalue weighted by atomic mass is 9.64. The summed E-state index contributed by atoms with van der Waals surface area (Å²) in [6.07, 6.45) is 0. The molecule has 0 aliphatic carbocycles. The summed E-state index contributed by atoms with van der Waals surface area (Å²) >= 11 is 1.80. The van der Waals surface area contributed by atoms with E-state index in [1.54, 1.807) is 11.8 Å². The molecule has 516 valence electrons. The summed E-state index contributed by atoms with van der Waals surface area (Å²) in [5.74, 6) is 3.25. The van der Waals surface area contributed by atoms with E-state index in [2.05, 4.69) is 413 Å². The lowest BCUT2D eigenvalue weighted by Crippen LogP contribution is -2.34. The second-order valence-corrected chi connectivity index (χ2v) is 28.8. The predicted octanol–water partition coefficient (Wildman–Crippen LogP) is 26.2. The normalized spacial score (nSPS) is 12.0. The molecule has 1 aliphatic rings. The van der Waals surface area contributed by atoms with Gasteiger partial charge in [-0.2, -0.15) is 0 Å². The molecule has 0 radical (unpaired) electrons. The van der Waals surface area contributed by atoms with Crippen LogP contribution < -0.4 is 0 Å². The molecule has 110 heavy (non-hydrogen) atoms. The van der Waals surface area contributed by atoms with Crippen molar-refractivity contribution in [2.24, 2.45) is 0 Å². The van der Waals surface area contributed by atoms with E-state index in [1.165, 1.54) is 0 Å². The molecule has 16 aromatic carbocycles. The SMILES string of the molecule is c1ccc(-c2cc(-c3ccccc3)cc(-c3nc(-c4cc(-c5ccccc5)cc(-c5ccccc5)c4)nc(-c4cccc(C5(c6cccc(-c7nc(-c8cc(-c9ccccc9)cc(-c9ccccc9)c8)nc(-c8cc(-c9ccccc9)cc(-c9ccccc9)c8)n7)c6)c6ccccc6Sc6ccccc65)c4)n3)c2)cc1. The highest BCUT2D eigenvalue weighted by atomic mass is 32.2. The lowest BCUT2D eigenvalue weighted by Gasteiger charge is -2.42. The fourth-order valence-electron chi connectivity index (χ4n) is 15.5. The zero-order valence-corrected chi connectivity index (χ0v) is 60.7. The molecule has 0 amide bonds. The Balaban J connectivity index is 0.835. The van der Waals surface area contributed by atoms with Gasteiger partial charge in [0, 0.05) is 43.2 Å². The van der Waals surface area contributed by atoms with E-state index in [9.17, 15) is 0 Å². The van der Waals surface area contributed by atoms with Crippen LogP contribution in [0.15, 0.2) is 422 Å². The molecular weight excluding hydrogens is 1350 g/mol. The summed E-state index contributed by atoms with van der Waals surface area (Å²) in [7, 11) is 0. The zero-order chi connectivity index (χ0) is 73.2. The van der Waals surface area contributed by atoms with Gasteiger partial charge in [-0.1, -0.05) is 327 Å². The molecule has 7 heteroatoms. The number of fused-ring (bicyclic) bond motifs is 2. The van der Waals surface area contributed by atoms with Gasteiger partial charge in [0.15, 0.2) is 34.9 Å². The molecule has 0 atom stereocenters. The number of aromatic nitrogens is 6. The molecule has 6 nitrogen and oxygen atoms in total. The van der Waals surface area contributed by atoms with Crippen LogP contribution in [0.5, 0.6) is 0 Å². The molecule has 0 saturated carbocycles. The maximum Gasteiger partial charge on any atom is 0.164 e. The molecule has 3 heterocycles. The number of hydrogen-bond acceptors (Lipinski definition) is 7. The van der Waals surface area contributed by atoms with Gasteiger partial charge in [0.2, 0.25) is 0 Å². The van der Waals surface area contributed by atoms with Gasteiger partial charge in [0.1, 0.15) is 0 Å². The fourth-order valence-corrected chi connectivity index (χ4v) is 16.7. The van der Waals surface area contributed by atoms with Crippen LogP contribution in [0.4, 0.5) is 0 Å². The average molecular weight is 1420 g/mol. The van der Waals surface area contributed by atoms with Crippen LogP contribution in [0.1, 0.15) is 22.3 Å². The smallest absolute Gasteiger partial charge is 0.164 e. The highest BCUT2D eigenvalue weighted by Crippen LogP contribution is 2.57. The Morgan fingerprint density at radius 1 is 0.145 bits per heavy atom. The summed E-state index contributed by atoms with van der Waals surface area (Å²) in [6, 6.07) is 147. The van der Waals surface area contributed by atoms with Gasteiger partial charge in [0.25, 0.3) is 0 Å². The fraction of sp³-hybridized carbons (Fsp3) is 0.00971. The molecule has 18 aromatic rings. The van der Waals surface area contributed by atoms with Crippen LogP contribution in [-0.4, -0.2) is 29.9 Å². The Kier molecular flexibility index (Phi) is 17.7. The topological polar surface area (TPSA) is 77.3 Å². The molecular formula is C103H68N6S. The van der Waals surface area contributed by atoms with Crippen LogP contribution in [0.2, 0.25) is 0 Å². The van der Waals surface area contributed by atoms with E-state index in [0.717, 1.165) is 154 Å². The first kappa shape index (κ1) is 66.6. The van der Waals surface area contributed by atoms with E-state index in [1.807, 2.05) is 0 Å².